The molecule has 8 heteroatoms. The molecule has 8 nitrogen and oxygen atoms in total. The van der Waals surface area contributed by atoms with Gasteiger partial charge in [-0.3, -0.25) is 14.4 Å². The van der Waals surface area contributed by atoms with Gasteiger partial charge >= 0.3 is 0 Å². The van der Waals surface area contributed by atoms with E-state index >= 15 is 0 Å². The number of benzene rings is 1. The number of amides is 3. The molecular formula is C12H17N5O3. The summed E-state index contributed by atoms with van der Waals surface area (Å²) in [5, 5.41) is 2.47. The summed E-state index contributed by atoms with van der Waals surface area (Å²) in [5.74, 6) is -1.54. The van der Waals surface area contributed by atoms with Gasteiger partial charge in [0.1, 0.15) is 0 Å². The Bertz CT molecular complexity index is 528. The zero-order valence-corrected chi connectivity index (χ0v) is 11.1. The van der Waals surface area contributed by atoms with Crippen LogP contribution < -0.4 is 27.4 Å². The van der Waals surface area contributed by atoms with Crippen molar-refractivity contribution >= 4 is 29.1 Å². The number of nitrogen functional groups attached to an aromatic ring is 1. The summed E-state index contributed by atoms with van der Waals surface area (Å²) in [6, 6.07) is 4.51. The highest BCUT2D eigenvalue weighted by atomic mass is 16.2. The van der Waals surface area contributed by atoms with Crippen LogP contribution in [0.3, 0.4) is 0 Å². The molecule has 0 fully saturated rings. The van der Waals surface area contributed by atoms with Gasteiger partial charge in [0, 0.05) is 12.6 Å². The zero-order valence-electron chi connectivity index (χ0n) is 11.1. The maximum Gasteiger partial charge on any atom is 0.251 e. The molecule has 0 radical (unpaired) electrons. The Morgan fingerprint density at radius 2 is 1.70 bits per heavy atom. The number of rotatable bonds is 6. The lowest BCUT2D eigenvalue weighted by Gasteiger charge is -2.23. The minimum atomic E-state index is -0.624. The third kappa shape index (κ3) is 3.87. The fourth-order valence-corrected chi connectivity index (χ4v) is 1.73. The molecule has 0 aliphatic carbocycles. The minimum absolute atomic E-state index is 0.202. The van der Waals surface area contributed by atoms with Gasteiger partial charge in [-0.25, -0.2) is 0 Å². The SMILES string of the molecule is CNC(=O)c1ccc(N(CC(N)=O)CC(N)=O)c(N)c1. The largest absolute Gasteiger partial charge is 0.397 e. The number of anilines is 2. The molecule has 0 heterocycles. The maximum atomic E-state index is 11.5. The van der Waals surface area contributed by atoms with E-state index in [2.05, 4.69) is 5.32 Å². The first-order chi connectivity index (χ1) is 9.35. The normalized spacial score (nSPS) is 9.85. The highest BCUT2D eigenvalue weighted by molar-refractivity contribution is 5.96. The Hall–Kier alpha value is -2.77. The van der Waals surface area contributed by atoms with Gasteiger partial charge < -0.3 is 27.4 Å². The number of carbonyl (C=O) groups is 3. The van der Waals surface area contributed by atoms with Crippen molar-refractivity contribution in [3.8, 4) is 0 Å². The van der Waals surface area contributed by atoms with E-state index in [1.165, 1.54) is 30.1 Å². The first kappa shape index (κ1) is 15.3. The van der Waals surface area contributed by atoms with Crippen molar-refractivity contribution in [3.63, 3.8) is 0 Å². The van der Waals surface area contributed by atoms with Crippen LogP contribution in [-0.2, 0) is 9.59 Å². The summed E-state index contributed by atoms with van der Waals surface area (Å²) in [4.78, 5) is 34.9. The van der Waals surface area contributed by atoms with Gasteiger partial charge in [0.05, 0.1) is 24.5 Å². The molecule has 1 aromatic rings. The monoisotopic (exact) mass is 279 g/mol. The summed E-state index contributed by atoms with van der Waals surface area (Å²) in [5.41, 5.74) is 17.1. The van der Waals surface area contributed by atoms with Crippen LogP contribution in [0.1, 0.15) is 10.4 Å². The van der Waals surface area contributed by atoms with Gasteiger partial charge in [-0.15, -0.1) is 0 Å². The molecular weight excluding hydrogens is 262 g/mol. The smallest absolute Gasteiger partial charge is 0.251 e. The minimum Gasteiger partial charge on any atom is -0.397 e. The number of hydrogen-bond donors (Lipinski definition) is 4. The molecule has 0 unspecified atom stereocenters. The predicted octanol–water partition coefficient (Wildman–Crippen LogP) is -1.59. The molecule has 0 aliphatic rings. The average Bonchev–Trinajstić information content (AvgIpc) is 2.35. The lowest BCUT2D eigenvalue weighted by molar-refractivity contribution is -0.117. The average molecular weight is 279 g/mol. The van der Waals surface area contributed by atoms with Crippen LogP contribution in [0.5, 0.6) is 0 Å². The van der Waals surface area contributed by atoms with Crippen molar-refractivity contribution in [2.24, 2.45) is 11.5 Å². The summed E-state index contributed by atoms with van der Waals surface area (Å²) < 4.78 is 0. The van der Waals surface area contributed by atoms with Crippen LogP contribution in [0.15, 0.2) is 18.2 Å². The Balaban J connectivity index is 3.10. The highest BCUT2D eigenvalue weighted by Gasteiger charge is 2.16. The molecule has 0 bridgehead atoms. The van der Waals surface area contributed by atoms with Gasteiger partial charge in [0.2, 0.25) is 11.8 Å². The molecule has 0 saturated carbocycles. The second kappa shape index (κ2) is 6.41. The molecule has 20 heavy (non-hydrogen) atoms. The van der Waals surface area contributed by atoms with Crippen molar-refractivity contribution < 1.29 is 14.4 Å². The number of nitrogens with two attached hydrogens (primary N) is 3. The van der Waals surface area contributed by atoms with E-state index in [0.29, 0.717) is 11.3 Å². The van der Waals surface area contributed by atoms with Crippen LogP contribution in [0.4, 0.5) is 11.4 Å². The number of nitrogens with zero attached hydrogens (tertiary/aromatic N) is 1. The summed E-state index contributed by atoms with van der Waals surface area (Å²) in [7, 11) is 1.50. The van der Waals surface area contributed by atoms with E-state index in [1.807, 2.05) is 0 Å². The molecule has 0 saturated heterocycles. The van der Waals surface area contributed by atoms with Crippen LogP contribution in [0.25, 0.3) is 0 Å². The molecule has 7 N–H and O–H groups in total. The Morgan fingerprint density at radius 3 is 2.10 bits per heavy atom. The summed E-state index contributed by atoms with van der Waals surface area (Å²) >= 11 is 0. The van der Waals surface area contributed by atoms with Crippen molar-refractivity contribution in [2.45, 2.75) is 0 Å². The van der Waals surface area contributed by atoms with E-state index in [1.54, 1.807) is 0 Å². The number of nitrogens with one attached hydrogen (secondary N) is 1. The second-order valence-electron chi connectivity index (χ2n) is 4.14. The van der Waals surface area contributed by atoms with Crippen molar-refractivity contribution in [2.75, 3.05) is 30.8 Å². The van der Waals surface area contributed by atoms with Crippen LogP contribution in [-0.4, -0.2) is 37.9 Å². The first-order valence-corrected chi connectivity index (χ1v) is 5.78. The van der Waals surface area contributed by atoms with Gasteiger partial charge in [0.15, 0.2) is 0 Å². The molecule has 1 rings (SSSR count). The molecule has 3 amide bonds. The predicted molar refractivity (Wildman–Crippen MR) is 74.8 cm³/mol. The lowest BCUT2D eigenvalue weighted by Crippen LogP contribution is -2.40. The van der Waals surface area contributed by atoms with E-state index in [4.69, 9.17) is 17.2 Å². The van der Waals surface area contributed by atoms with E-state index < -0.39 is 11.8 Å². The third-order valence-electron chi connectivity index (χ3n) is 2.55. The van der Waals surface area contributed by atoms with Crippen LogP contribution in [0, 0.1) is 0 Å². The maximum absolute atomic E-state index is 11.5. The summed E-state index contributed by atoms with van der Waals surface area (Å²) in [6.45, 7) is -0.404. The van der Waals surface area contributed by atoms with Crippen molar-refractivity contribution in [3.05, 3.63) is 23.8 Å². The topological polar surface area (TPSA) is 145 Å². The molecule has 0 spiro atoms. The molecule has 0 aliphatic heterocycles. The Morgan fingerprint density at radius 1 is 1.15 bits per heavy atom. The quantitative estimate of drug-likeness (QED) is 0.464. The second-order valence-corrected chi connectivity index (χ2v) is 4.14. The van der Waals surface area contributed by atoms with Gasteiger partial charge in [-0.2, -0.15) is 0 Å². The van der Waals surface area contributed by atoms with Crippen molar-refractivity contribution in [1.82, 2.24) is 5.32 Å². The Kier molecular flexibility index (Phi) is 4.90. The zero-order chi connectivity index (χ0) is 15.3. The standard InChI is InChI=1S/C12H17N5O3/c1-16-12(20)7-2-3-9(8(13)4-7)17(5-10(14)18)6-11(15)19/h2-4H,5-6,13H2,1H3,(H2,14,18)(H2,15,19)(H,16,20). The Labute approximate surface area is 115 Å². The number of carbonyl (C=O) groups excluding carboxylic acids is 3. The van der Waals surface area contributed by atoms with Crippen LogP contribution >= 0.6 is 0 Å². The fraction of sp³-hybridized carbons (Fsp3) is 0.250. The van der Waals surface area contributed by atoms with E-state index in [-0.39, 0.29) is 24.7 Å². The number of hydrogen-bond acceptors (Lipinski definition) is 5. The van der Waals surface area contributed by atoms with Gasteiger partial charge in [-0.1, -0.05) is 0 Å². The van der Waals surface area contributed by atoms with E-state index in [0.717, 1.165) is 0 Å². The van der Waals surface area contributed by atoms with Gasteiger partial charge in [0.25, 0.3) is 5.91 Å². The first-order valence-electron chi connectivity index (χ1n) is 5.78. The lowest BCUT2D eigenvalue weighted by atomic mass is 10.1. The van der Waals surface area contributed by atoms with Gasteiger partial charge in [-0.05, 0) is 18.2 Å². The molecule has 0 atom stereocenters. The van der Waals surface area contributed by atoms with E-state index in [9.17, 15) is 14.4 Å². The third-order valence-corrected chi connectivity index (χ3v) is 2.55. The van der Waals surface area contributed by atoms with Crippen LogP contribution in [0.2, 0.25) is 0 Å². The number of primary amides is 2. The molecule has 108 valence electrons. The highest BCUT2D eigenvalue weighted by Crippen LogP contribution is 2.24. The molecule has 1 aromatic carbocycles. The van der Waals surface area contributed by atoms with Crippen molar-refractivity contribution in [1.29, 1.82) is 0 Å². The summed E-state index contributed by atoms with van der Waals surface area (Å²) in [6.07, 6.45) is 0. The molecule has 0 aromatic heterocycles. The fourth-order valence-electron chi connectivity index (χ4n) is 1.73.